The van der Waals surface area contributed by atoms with E-state index in [1.54, 1.807) is 35.4 Å². The molecule has 1 spiro atoms. The van der Waals surface area contributed by atoms with Crippen molar-refractivity contribution < 1.29 is 9.59 Å². The highest BCUT2D eigenvalue weighted by molar-refractivity contribution is 6.00. The lowest BCUT2D eigenvalue weighted by atomic mass is 9.77. The lowest BCUT2D eigenvalue weighted by molar-refractivity contribution is -0.127. The number of rotatable bonds is 2. The van der Waals surface area contributed by atoms with Gasteiger partial charge >= 0.3 is 0 Å². The number of aryl methyl sites for hydroxylation is 1. The second kappa shape index (κ2) is 5.98. The number of carbonyl (C=O) groups excluding carboxylic acids is 2. The van der Waals surface area contributed by atoms with Crippen molar-refractivity contribution in [1.82, 2.24) is 19.7 Å². The molecule has 2 saturated heterocycles. The van der Waals surface area contributed by atoms with Crippen molar-refractivity contribution in [3.63, 3.8) is 0 Å². The van der Waals surface area contributed by atoms with Gasteiger partial charge in [0.1, 0.15) is 0 Å². The summed E-state index contributed by atoms with van der Waals surface area (Å²) in [5.74, 6) is 0.173. The van der Waals surface area contributed by atoms with Gasteiger partial charge in [0.05, 0.1) is 22.9 Å². The van der Waals surface area contributed by atoms with Gasteiger partial charge in [0.2, 0.25) is 5.91 Å². The van der Waals surface area contributed by atoms with E-state index in [2.05, 4.69) is 10.1 Å². The van der Waals surface area contributed by atoms with Crippen LogP contribution in [0.15, 0.2) is 36.9 Å². The summed E-state index contributed by atoms with van der Waals surface area (Å²) in [6.07, 6.45) is 9.14. The van der Waals surface area contributed by atoms with Crippen LogP contribution in [0.3, 0.4) is 0 Å². The Labute approximate surface area is 146 Å². The molecule has 0 radical (unpaired) electrons. The Hall–Kier alpha value is -2.70. The Balaban J connectivity index is 1.45. The van der Waals surface area contributed by atoms with Crippen LogP contribution >= 0.6 is 0 Å². The van der Waals surface area contributed by atoms with Crippen molar-refractivity contribution in [2.45, 2.75) is 19.3 Å². The quantitative estimate of drug-likeness (QED) is 0.831. The fourth-order valence-electron chi connectivity index (χ4n) is 3.89. The third-order valence-corrected chi connectivity index (χ3v) is 5.43. The molecule has 0 unspecified atom stereocenters. The molecular formula is C18H21N5O2. The Kier molecular flexibility index (Phi) is 3.78. The van der Waals surface area contributed by atoms with Crippen molar-refractivity contribution in [2.75, 3.05) is 24.5 Å². The van der Waals surface area contributed by atoms with Gasteiger partial charge < -0.3 is 9.80 Å². The van der Waals surface area contributed by atoms with Crippen LogP contribution in [0.5, 0.6) is 0 Å². The molecule has 2 aromatic rings. The maximum Gasteiger partial charge on any atom is 0.255 e. The normalized spacial score (nSPS) is 19.6. The van der Waals surface area contributed by atoms with E-state index in [-0.39, 0.29) is 17.2 Å². The monoisotopic (exact) mass is 339 g/mol. The standard InChI is InChI=1S/C18H21N5O2/c1-21-13-15(12-20-21)23-10-6-18(17(23)25)4-8-22(9-5-18)16(24)14-3-2-7-19-11-14/h2-3,7,11-13H,4-6,8-10H2,1H3. The smallest absolute Gasteiger partial charge is 0.255 e. The number of piperidine rings is 1. The number of hydrogen-bond donors (Lipinski definition) is 0. The molecule has 2 aromatic heterocycles. The van der Waals surface area contributed by atoms with Crippen LogP contribution in [0.25, 0.3) is 0 Å². The van der Waals surface area contributed by atoms with Gasteiger partial charge in [-0.2, -0.15) is 5.10 Å². The zero-order valence-electron chi connectivity index (χ0n) is 14.3. The van der Waals surface area contributed by atoms with E-state index < -0.39 is 0 Å². The van der Waals surface area contributed by atoms with Crippen LogP contribution in [0.2, 0.25) is 0 Å². The summed E-state index contributed by atoms with van der Waals surface area (Å²) in [5.41, 5.74) is 1.13. The number of nitrogens with zero attached hydrogens (tertiary/aromatic N) is 5. The van der Waals surface area contributed by atoms with Crippen LogP contribution in [0.4, 0.5) is 5.69 Å². The maximum atomic E-state index is 13.0. The average molecular weight is 339 g/mol. The number of anilines is 1. The van der Waals surface area contributed by atoms with Crippen molar-refractivity contribution in [2.24, 2.45) is 12.5 Å². The average Bonchev–Trinajstić information content (AvgIpc) is 3.20. The summed E-state index contributed by atoms with van der Waals surface area (Å²) in [7, 11) is 1.85. The minimum Gasteiger partial charge on any atom is -0.339 e. The van der Waals surface area contributed by atoms with E-state index in [4.69, 9.17) is 0 Å². The molecule has 0 aliphatic carbocycles. The predicted octanol–water partition coefficient (Wildman–Crippen LogP) is 1.47. The summed E-state index contributed by atoms with van der Waals surface area (Å²) < 4.78 is 1.71. The number of hydrogen-bond acceptors (Lipinski definition) is 4. The first-order chi connectivity index (χ1) is 12.1. The molecule has 0 aromatic carbocycles. The summed E-state index contributed by atoms with van der Waals surface area (Å²) in [5, 5.41) is 4.16. The first kappa shape index (κ1) is 15.8. The molecule has 25 heavy (non-hydrogen) atoms. The molecule has 0 saturated carbocycles. The van der Waals surface area contributed by atoms with E-state index in [1.807, 2.05) is 23.0 Å². The SMILES string of the molecule is Cn1cc(N2CCC3(CCN(C(=O)c4cccnc4)CC3)C2=O)cn1. The molecule has 4 rings (SSSR count). The summed E-state index contributed by atoms with van der Waals surface area (Å²) in [6, 6.07) is 3.55. The summed E-state index contributed by atoms with van der Waals surface area (Å²) >= 11 is 0. The van der Waals surface area contributed by atoms with Gasteiger partial charge in [-0.05, 0) is 31.4 Å². The molecule has 4 heterocycles. The van der Waals surface area contributed by atoms with Gasteiger partial charge in [0, 0.05) is 45.3 Å². The van der Waals surface area contributed by atoms with Crippen LogP contribution in [0.1, 0.15) is 29.6 Å². The molecule has 130 valence electrons. The minimum absolute atomic E-state index is 0.00230. The Morgan fingerprint density at radius 1 is 1.16 bits per heavy atom. The highest BCUT2D eigenvalue weighted by Crippen LogP contribution is 2.43. The van der Waals surface area contributed by atoms with E-state index in [1.165, 1.54) is 0 Å². The number of likely N-dealkylation sites (tertiary alicyclic amines) is 1. The zero-order valence-corrected chi connectivity index (χ0v) is 14.3. The lowest BCUT2D eigenvalue weighted by Gasteiger charge is -2.37. The first-order valence-corrected chi connectivity index (χ1v) is 8.59. The van der Waals surface area contributed by atoms with Crippen LogP contribution in [-0.2, 0) is 11.8 Å². The minimum atomic E-state index is -0.332. The van der Waals surface area contributed by atoms with Gasteiger partial charge in [0.25, 0.3) is 5.91 Å². The molecule has 0 bridgehead atoms. The third-order valence-electron chi connectivity index (χ3n) is 5.43. The van der Waals surface area contributed by atoms with Gasteiger partial charge in [0.15, 0.2) is 0 Å². The first-order valence-electron chi connectivity index (χ1n) is 8.59. The van der Waals surface area contributed by atoms with E-state index in [0.717, 1.165) is 18.7 Å². The van der Waals surface area contributed by atoms with Crippen molar-refractivity contribution in [3.8, 4) is 0 Å². The van der Waals surface area contributed by atoms with Crippen molar-refractivity contribution in [3.05, 3.63) is 42.5 Å². The molecule has 7 nitrogen and oxygen atoms in total. The molecule has 0 atom stereocenters. The third kappa shape index (κ3) is 2.69. The molecule has 2 fully saturated rings. The Bertz CT molecular complexity index is 793. The highest BCUT2D eigenvalue weighted by atomic mass is 16.2. The predicted molar refractivity (Wildman–Crippen MR) is 92.0 cm³/mol. The van der Waals surface area contributed by atoms with Crippen molar-refractivity contribution in [1.29, 1.82) is 0 Å². The lowest BCUT2D eigenvalue weighted by Crippen LogP contribution is -2.46. The largest absolute Gasteiger partial charge is 0.339 e. The summed E-state index contributed by atoms with van der Waals surface area (Å²) in [4.78, 5) is 33.3. The molecule has 0 N–H and O–H groups in total. The van der Waals surface area contributed by atoms with E-state index >= 15 is 0 Å². The number of amides is 2. The zero-order chi connectivity index (χ0) is 17.4. The second-order valence-electron chi connectivity index (χ2n) is 6.89. The number of carbonyl (C=O) groups is 2. The number of pyridine rings is 1. The van der Waals surface area contributed by atoms with Crippen molar-refractivity contribution >= 4 is 17.5 Å². The fourth-order valence-corrected chi connectivity index (χ4v) is 3.89. The van der Waals surface area contributed by atoms with Gasteiger partial charge in [-0.1, -0.05) is 0 Å². The van der Waals surface area contributed by atoms with Crippen LogP contribution in [0, 0.1) is 5.41 Å². The topological polar surface area (TPSA) is 71.3 Å². The van der Waals surface area contributed by atoms with Crippen LogP contribution in [-0.4, -0.2) is 51.1 Å². The maximum absolute atomic E-state index is 13.0. The summed E-state index contributed by atoms with van der Waals surface area (Å²) in [6.45, 7) is 1.95. The van der Waals surface area contributed by atoms with E-state index in [0.29, 0.717) is 31.5 Å². The van der Waals surface area contributed by atoms with E-state index in [9.17, 15) is 9.59 Å². The highest BCUT2D eigenvalue weighted by Gasteiger charge is 2.49. The molecule has 2 aliphatic heterocycles. The van der Waals surface area contributed by atoms with Gasteiger partial charge in [-0.15, -0.1) is 0 Å². The number of aromatic nitrogens is 3. The molecule has 2 amide bonds. The molecule has 7 heteroatoms. The Morgan fingerprint density at radius 2 is 1.92 bits per heavy atom. The molecule has 2 aliphatic rings. The van der Waals surface area contributed by atoms with Gasteiger partial charge in [-0.3, -0.25) is 19.3 Å². The van der Waals surface area contributed by atoms with Crippen LogP contribution < -0.4 is 4.90 Å². The van der Waals surface area contributed by atoms with Gasteiger partial charge in [-0.25, -0.2) is 0 Å². The second-order valence-corrected chi connectivity index (χ2v) is 6.89. The fraction of sp³-hybridized carbons (Fsp3) is 0.444. The Morgan fingerprint density at radius 3 is 2.56 bits per heavy atom. The molecular weight excluding hydrogens is 318 g/mol.